The van der Waals surface area contributed by atoms with Crippen LogP contribution in [-0.2, 0) is 6.42 Å². The molecule has 0 unspecified atom stereocenters. The Balaban J connectivity index is 1.76. The summed E-state index contributed by atoms with van der Waals surface area (Å²) in [7, 11) is 0. The molecule has 4 rings (SSSR count). The minimum Gasteiger partial charge on any atom is -0.306 e. The maximum atomic E-state index is 13.8. The lowest BCUT2D eigenvalue weighted by Crippen LogP contribution is -2.29. The van der Waals surface area contributed by atoms with E-state index in [1.165, 1.54) is 17.2 Å². The number of nitrogens with zero attached hydrogens (tertiary/aromatic N) is 3. The molecule has 3 aromatic rings. The van der Waals surface area contributed by atoms with Gasteiger partial charge >= 0.3 is 0 Å². The second-order valence-electron chi connectivity index (χ2n) is 5.34. The molecule has 4 nitrogen and oxygen atoms in total. The van der Waals surface area contributed by atoms with Crippen LogP contribution in [0.1, 0.15) is 16.1 Å². The number of hydrogen-bond donors (Lipinski definition) is 0. The molecule has 1 aliphatic rings. The predicted octanol–water partition coefficient (Wildman–Crippen LogP) is 3.11. The molecule has 0 atom stereocenters. The molecule has 0 fully saturated rings. The molecule has 0 aliphatic carbocycles. The van der Waals surface area contributed by atoms with Gasteiger partial charge in [0.1, 0.15) is 17.3 Å². The molecule has 2 aromatic carbocycles. The highest BCUT2D eigenvalue weighted by Gasteiger charge is 2.29. The van der Waals surface area contributed by atoms with Gasteiger partial charge in [-0.2, -0.15) is 0 Å². The van der Waals surface area contributed by atoms with E-state index in [9.17, 15) is 13.6 Å². The first-order chi connectivity index (χ1) is 11.1. The third-order valence-electron chi connectivity index (χ3n) is 3.93. The average molecular weight is 311 g/mol. The van der Waals surface area contributed by atoms with Gasteiger partial charge in [-0.3, -0.25) is 9.78 Å². The SMILES string of the molecule is O=C(c1cnc2ccccc2n1)N1CCc2c(F)cc(F)cc21. The standard InChI is InChI=1S/C17H11F2N3O/c18-10-7-12(19)11-5-6-22(16(11)8-10)17(23)15-9-20-13-3-1-2-4-14(13)21-15/h1-4,7-9H,5-6H2. The van der Waals surface area contributed by atoms with Crippen molar-refractivity contribution in [1.82, 2.24) is 9.97 Å². The third kappa shape index (κ3) is 2.23. The van der Waals surface area contributed by atoms with Crippen molar-refractivity contribution in [2.45, 2.75) is 6.42 Å². The summed E-state index contributed by atoms with van der Waals surface area (Å²) >= 11 is 0. The fourth-order valence-corrected chi connectivity index (χ4v) is 2.83. The van der Waals surface area contributed by atoms with Crippen molar-refractivity contribution in [1.29, 1.82) is 0 Å². The van der Waals surface area contributed by atoms with E-state index in [1.54, 1.807) is 18.2 Å². The number of hydrogen-bond acceptors (Lipinski definition) is 3. The van der Waals surface area contributed by atoms with E-state index in [2.05, 4.69) is 9.97 Å². The Morgan fingerprint density at radius 2 is 1.91 bits per heavy atom. The molecule has 23 heavy (non-hydrogen) atoms. The van der Waals surface area contributed by atoms with Crippen LogP contribution < -0.4 is 4.90 Å². The Morgan fingerprint density at radius 1 is 1.13 bits per heavy atom. The summed E-state index contributed by atoms with van der Waals surface area (Å²) in [4.78, 5) is 22.5. The quantitative estimate of drug-likeness (QED) is 0.694. The lowest BCUT2D eigenvalue weighted by Gasteiger charge is -2.17. The number of aromatic nitrogens is 2. The molecule has 6 heteroatoms. The fraction of sp³-hybridized carbons (Fsp3) is 0.118. The van der Waals surface area contributed by atoms with Crippen LogP contribution in [0.25, 0.3) is 11.0 Å². The molecular formula is C17H11F2N3O. The molecule has 2 heterocycles. The molecular weight excluding hydrogens is 300 g/mol. The van der Waals surface area contributed by atoms with Gasteiger partial charge in [-0.15, -0.1) is 0 Å². The Labute approximate surface area is 130 Å². The van der Waals surface area contributed by atoms with E-state index >= 15 is 0 Å². The van der Waals surface area contributed by atoms with Crippen LogP contribution >= 0.6 is 0 Å². The fourth-order valence-electron chi connectivity index (χ4n) is 2.83. The topological polar surface area (TPSA) is 46.1 Å². The summed E-state index contributed by atoms with van der Waals surface area (Å²) in [6, 6.07) is 9.21. The Morgan fingerprint density at radius 3 is 2.74 bits per heavy atom. The van der Waals surface area contributed by atoms with Crippen molar-refractivity contribution >= 4 is 22.6 Å². The summed E-state index contributed by atoms with van der Waals surface area (Å²) in [6.07, 6.45) is 1.74. The number of rotatable bonds is 1. The van der Waals surface area contributed by atoms with Crippen molar-refractivity contribution in [3.8, 4) is 0 Å². The van der Waals surface area contributed by atoms with Crippen LogP contribution in [0.3, 0.4) is 0 Å². The molecule has 0 spiro atoms. The summed E-state index contributed by atoms with van der Waals surface area (Å²) in [5.41, 5.74) is 2.06. The summed E-state index contributed by atoms with van der Waals surface area (Å²) in [5.74, 6) is -1.74. The van der Waals surface area contributed by atoms with Gasteiger partial charge in [0.15, 0.2) is 0 Å². The van der Waals surface area contributed by atoms with Gasteiger partial charge in [0.25, 0.3) is 5.91 Å². The van der Waals surface area contributed by atoms with Gasteiger partial charge in [-0.05, 0) is 24.6 Å². The van der Waals surface area contributed by atoms with Gasteiger partial charge in [0.2, 0.25) is 0 Å². The molecule has 0 N–H and O–H groups in total. The molecule has 114 valence electrons. The lowest BCUT2D eigenvalue weighted by molar-refractivity contribution is 0.0984. The number of fused-ring (bicyclic) bond motifs is 2. The highest BCUT2D eigenvalue weighted by Crippen LogP contribution is 2.32. The monoisotopic (exact) mass is 311 g/mol. The number of carbonyl (C=O) groups is 1. The van der Waals surface area contributed by atoms with Crippen LogP contribution in [0.5, 0.6) is 0 Å². The van der Waals surface area contributed by atoms with Gasteiger partial charge in [-0.1, -0.05) is 12.1 Å². The second-order valence-corrected chi connectivity index (χ2v) is 5.34. The van der Waals surface area contributed by atoms with Crippen LogP contribution in [0.4, 0.5) is 14.5 Å². The minimum absolute atomic E-state index is 0.154. The Bertz CT molecular complexity index is 942. The summed E-state index contributed by atoms with van der Waals surface area (Å²) in [6.45, 7) is 0.295. The van der Waals surface area contributed by atoms with Crippen LogP contribution in [0, 0.1) is 11.6 Å². The first kappa shape index (κ1) is 13.8. The van der Waals surface area contributed by atoms with E-state index in [-0.39, 0.29) is 11.4 Å². The molecule has 1 aliphatic heterocycles. The number of amides is 1. The Kier molecular flexibility index (Phi) is 3.04. The predicted molar refractivity (Wildman–Crippen MR) is 81.3 cm³/mol. The molecule has 0 radical (unpaired) electrons. The van der Waals surface area contributed by atoms with Crippen molar-refractivity contribution in [3.05, 3.63) is 65.5 Å². The van der Waals surface area contributed by atoms with E-state index in [4.69, 9.17) is 0 Å². The molecule has 1 aromatic heterocycles. The van der Waals surface area contributed by atoms with Crippen molar-refractivity contribution in [2.75, 3.05) is 11.4 Å². The zero-order valence-corrected chi connectivity index (χ0v) is 12.0. The van der Waals surface area contributed by atoms with Crippen LogP contribution in [-0.4, -0.2) is 22.4 Å². The summed E-state index contributed by atoms with van der Waals surface area (Å²) in [5, 5.41) is 0. The smallest absolute Gasteiger partial charge is 0.278 e. The molecule has 0 saturated heterocycles. The molecule has 0 saturated carbocycles. The zero-order valence-electron chi connectivity index (χ0n) is 12.0. The number of anilines is 1. The summed E-state index contributed by atoms with van der Waals surface area (Å²) < 4.78 is 27.3. The molecule has 1 amide bonds. The van der Waals surface area contributed by atoms with Crippen molar-refractivity contribution in [3.63, 3.8) is 0 Å². The van der Waals surface area contributed by atoms with Gasteiger partial charge in [0.05, 0.1) is 22.9 Å². The van der Waals surface area contributed by atoms with E-state index in [0.29, 0.717) is 29.6 Å². The van der Waals surface area contributed by atoms with Crippen molar-refractivity contribution in [2.24, 2.45) is 0 Å². The second kappa shape index (κ2) is 5.08. The maximum absolute atomic E-state index is 13.8. The van der Waals surface area contributed by atoms with Gasteiger partial charge in [0, 0.05) is 18.2 Å². The van der Waals surface area contributed by atoms with E-state index < -0.39 is 17.5 Å². The lowest BCUT2D eigenvalue weighted by atomic mass is 10.1. The third-order valence-corrected chi connectivity index (χ3v) is 3.93. The number of benzene rings is 2. The average Bonchev–Trinajstić information content (AvgIpc) is 2.97. The van der Waals surface area contributed by atoms with Crippen LogP contribution in [0.2, 0.25) is 0 Å². The van der Waals surface area contributed by atoms with Crippen molar-refractivity contribution < 1.29 is 13.6 Å². The Hall–Kier alpha value is -2.89. The minimum atomic E-state index is -0.703. The first-order valence-electron chi connectivity index (χ1n) is 7.15. The highest BCUT2D eigenvalue weighted by atomic mass is 19.1. The van der Waals surface area contributed by atoms with E-state index in [1.807, 2.05) is 6.07 Å². The molecule has 0 bridgehead atoms. The first-order valence-corrected chi connectivity index (χ1v) is 7.15. The van der Waals surface area contributed by atoms with Gasteiger partial charge < -0.3 is 4.90 Å². The normalized spacial score (nSPS) is 13.4. The highest BCUT2D eigenvalue weighted by molar-refractivity contribution is 6.06. The van der Waals surface area contributed by atoms with E-state index in [0.717, 1.165) is 6.07 Å². The number of halogens is 2. The van der Waals surface area contributed by atoms with Crippen LogP contribution in [0.15, 0.2) is 42.6 Å². The zero-order chi connectivity index (χ0) is 16.0. The number of carbonyl (C=O) groups excluding carboxylic acids is 1. The number of para-hydroxylation sites is 2. The largest absolute Gasteiger partial charge is 0.306 e. The van der Waals surface area contributed by atoms with Gasteiger partial charge in [-0.25, -0.2) is 13.8 Å². The maximum Gasteiger partial charge on any atom is 0.278 e.